The largest absolute Gasteiger partial charge is 0.493 e. The highest BCUT2D eigenvalue weighted by Crippen LogP contribution is 2.34. The lowest BCUT2D eigenvalue weighted by Gasteiger charge is -2.14. The predicted molar refractivity (Wildman–Crippen MR) is 104 cm³/mol. The van der Waals surface area contributed by atoms with Gasteiger partial charge in [-0.05, 0) is 27.6 Å². The van der Waals surface area contributed by atoms with E-state index in [1.54, 1.807) is 23.9 Å². The van der Waals surface area contributed by atoms with Gasteiger partial charge < -0.3 is 14.8 Å². The molecule has 0 saturated carbocycles. The maximum atomic E-state index is 6.43. The first-order valence-electron chi connectivity index (χ1n) is 8.35. The first-order chi connectivity index (χ1) is 13.2. The SMILES string of the molecule is C=CCn1nnnc1NCc1cc(OC)c(OCc2ccccc2)cc1Cl. The van der Waals surface area contributed by atoms with Crippen LogP contribution in [-0.4, -0.2) is 27.3 Å². The van der Waals surface area contributed by atoms with Crippen LogP contribution in [0.15, 0.2) is 55.1 Å². The van der Waals surface area contributed by atoms with E-state index < -0.39 is 0 Å². The summed E-state index contributed by atoms with van der Waals surface area (Å²) in [5.74, 6) is 1.73. The highest BCUT2D eigenvalue weighted by molar-refractivity contribution is 6.31. The number of hydrogen-bond acceptors (Lipinski definition) is 6. The van der Waals surface area contributed by atoms with E-state index in [0.29, 0.717) is 42.2 Å². The Labute approximate surface area is 162 Å². The minimum absolute atomic E-state index is 0.432. The smallest absolute Gasteiger partial charge is 0.243 e. The van der Waals surface area contributed by atoms with E-state index in [2.05, 4.69) is 27.4 Å². The Hall–Kier alpha value is -3.06. The van der Waals surface area contributed by atoms with Crippen LogP contribution < -0.4 is 14.8 Å². The van der Waals surface area contributed by atoms with Crippen LogP contribution in [0.3, 0.4) is 0 Å². The minimum Gasteiger partial charge on any atom is -0.493 e. The van der Waals surface area contributed by atoms with E-state index in [0.717, 1.165) is 11.1 Å². The van der Waals surface area contributed by atoms with E-state index in [1.807, 2.05) is 36.4 Å². The first kappa shape index (κ1) is 18.7. The highest BCUT2D eigenvalue weighted by Gasteiger charge is 2.12. The average Bonchev–Trinajstić information content (AvgIpc) is 3.14. The van der Waals surface area contributed by atoms with E-state index in [4.69, 9.17) is 21.1 Å². The molecule has 0 radical (unpaired) electrons. The van der Waals surface area contributed by atoms with Crippen LogP contribution in [-0.2, 0) is 19.7 Å². The molecule has 0 unspecified atom stereocenters. The van der Waals surface area contributed by atoms with Crippen LogP contribution in [0.4, 0.5) is 5.95 Å². The summed E-state index contributed by atoms with van der Waals surface area (Å²) >= 11 is 6.43. The fourth-order valence-corrected chi connectivity index (χ4v) is 2.69. The van der Waals surface area contributed by atoms with Crippen molar-refractivity contribution in [2.24, 2.45) is 0 Å². The van der Waals surface area contributed by atoms with Crippen molar-refractivity contribution < 1.29 is 9.47 Å². The monoisotopic (exact) mass is 385 g/mol. The topological polar surface area (TPSA) is 74.1 Å². The van der Waals surface area contributed by atoms with Crippen LogP contribution in [0.1, 0.15) is 11.1 Å². The molecule has 0 saturated heterocycles. The quantitative estimate of drug-likeness (QED) is 0.566. The zero-order valence-electron chi connectivity index (χ0n) is 14.9. The minimum atomic E-state index is 0.432. The highest BCUT2D eigenvalue weighted by atomic mass is 35.5. The summed E-state index contributed by atoms with van der Waals surface area (Å²) < 4.78 is 12.9. The molecule has 0 atom stereocenters. The molecule has 27 heavy (non-hydrogen) atoms. The molecule has 0 aliphatic rings. The Balaban J connectivity index is 1.71. The van der Waals surface area contributed by atoms with Crippen LogP contribution in [0, 0.1) is 0 Å². The van der Waals surface area contributed by atoms with E-state index in [9.17, 15) is 0 Å². The summed E-state index contributed by atoms with van der Waals surface area (Å²) in [6.45, 7) is 5.07. The molecule has 1 N–H and O–H groups in total. The zero-order chi connectivity index (χ0) is 19.1. The summed E-state index contributed by atoms with van der Waals surface area (Å²) in [5.41, 5.74) is 1.91. The van der Waals surface area contributed by atoms with E-state index in [-0.39, 0.29) is 0 Å². The third kappa shape index (κ3) is 4.77. The second-order valence-corrected chi connectivity index (χ2v) is 6.10. The lowest BCUT2D eigenvalue weighted by atomic mass is 10.2. The molecule has 2 aromatic carbocycles. The van der Waals surface area contributed by atoms with E-state index >= 15 is 0 Å². The summed E-state index contributed by atoms with van der Waals surface area (Å²) in [7, 11) is 1.60. The zero-order valence-corrected chi connectivity index (χ0v) is 15.7. The molecule has 3 rings (SSSR count). The summed E-state index contributed by atoms with van der Waals surface area (Å²) in [4.78, 5) is 0. The van der Waals surface area contributed by atoms with Crippen molar-refractivity contribution in [1.82, 2.24) is 20.2 Å². The lowest BCUT2D eigenvalue weighted by Crippen LogP contribution is -2.09. The second kappa shape index (κ2) is 9.05. The van der Waals surface area contributed by atoms with Gasteiger partial charge in [-0.2, -0.15) is 0 Å². The summed E-state index contributed by atoms with van der Waals surface area (Å²) in [6, 6.07) is 13.5. The van der Waals surface area contributed by atoms with Crippen LogP contribution in [0.5, 0.6) is 11.5 Å². The molecule has 0 fully saturated rings. The number of rotatable bonds is 9. The number of allylic oxidation sites excluding steroid dienone is 1. The molecule has 8 heteroatoms. The van der Waals surface area contributed by atoms with Gasteiger partial charge in [-0.3, -0.25) is 0 Å². The Morgan fingerprint density at radius 1 is 1.22 bits per heavy atom. The van der Waals surface area contributed by atoms with Gasteiger partial charge in [0.15, 0.2) is 11.5 Å². The molecule has 0 aliphatic carbocycles. The Bertz CT molecular complexity index is 898. The fraction of sp³-hybridized carbons (Fsp3) is 0.211. The fourth-order valence-electron chi connectivity index (χ4n) is 2.47. The molecule has 1 aromatic heterocycles. The lowest BCUT2D eigenvalue weighted by molar-refractivity contribution is 0.284. The molecular formula is C19H20ClN5O2. The van der Waals surface area contributed by atoms with Gasteiger partial charge in [-0.25, -0.2) is 4.68 Å². The van der Waals surface area contributed by atoms with Crippen molar-refractivity contribution in [1.29, 1.82) is 0 Å². The molecule has 1 heterocycles. The number of ether oxygens (including phenoxy) is 2. The van der Waals surface area contributed by atoms with E-state index in [1.165, 1.54) is 0 Å². The maximum absolute atomic E-state index is 6.43. The van der Waals surface area contributed by atoms with Crippen molar-refractivity contribution >= 4 is 17.5 Å². The van der Waals surface area contributed by atoms with Gasteiger partial charge in [0.25, 0.3) is 0 Å². The predicted octanol–water partition coefficient (Wildman–Crippen LogP) is 3.71. The van der Waals surface area contributed by atoms with Crippen LogP contribution in [0.25, 0.3) is 0 Å². The van der Waals surface area contributed by atoms with Gasteiger partial charge in [0.2, 0.25) is 5.95 Å². The summed E-state index contributed by atoms with van der Waals surface area (Å²) in [5, 5.41) is 15.2. The van der Waals surface area contributed by atoms with Crippen LogP contribution in [0.2, 0.25) is 5.02 Å². The van der Waals surface area contributed by atoms with Crippen molar-refractivity contribution in [2.75, 3.05) is 12.4 Å². The van der Waals surface area contributed by atoms with Crippen molar-refractivity contribution in [3.05, 3.63) is 71.3 Å². The third-order valence-electron chi connectivity index (χ3n) is 3.84. The van der Waals surface area contributed by atoms with Crippen LogP contribution >= 0.6 is 11.6 Å². The van der Waals surface area contributed by atoms with Gasteiger partial charge >= 0.3 is 0 Å². The number of nitrogens with one attached hydrogen (secondary N) is 1. The number of halogens is 1. The van der Waals surface area contributed by atoms with Gasteiger partial charge in [0.05, 0.1) is 13.7 Å². The third-order valence-corrected chi connectivity index (χ3v) is 4.19. The number of benzene rings is 2. The number of nitrogens with zero attached hydrogens (tertiary/aromatic N) is 4. The van der Waals surface area contributed by atoms with Gasteiger partial charge in [0, 0.05) is 17.6 Å². The molecule has 7 nitrogen and oxygen atoms in total. The van der Waals surface area contributed by atoms with Crippen molar-refractivity contribution in [2.45, 2.75) is 19.7 Å². The molecule has 0 bridgehead atoms. The standard InChI is InChI=1S/C19H20ClN5O2/c1-3-9-25-19(22-23-24-25)21-12-15-10-17(26-2)18(11-16(15)20)27-13-14-7-5-4-6-8-14/h3-8,10-11H,1,9,12-13H2,2H3,(H,21,22,24). The molecule has 0 amide bonds. The number of hydrogen-bond donors (Lipinski definition) is 1. The molecule has 3 aromatic rings. The number of tetrazole rings is 1. The summed E-state index contributed by atoms with van der Waals surface area (Å²) in [6.07, 6.45) is 1.72. The maximum Gasteiger partial charge on any atom is 0.243 e. The molecule has 140 valence electrons. The van der Waals surface area contributed by atoms with Gasteiger partial charge in [0.1, 0.15) is 6.61 Å². The second-order valence-electron chi connectivity index (χ2n) is 5.70. The number of anilines is 1. The Morgan fingerprint density at radius 2 is 2.04 bits per heavy atom. The number of methoxy groups -OCH3 is 1. The van der Waals surface area contributed by atoms with Crippen molar-refractivity contribution in [3.8, 4) is 11.5 Å². The molecular weight excluding hydrogens is 366 g/mol. The number of aromatic nitrogens is 4. The van der Waals surface area contributed by atoms with Gasteiger partial charge in [-0.1, -0.05) is 53.1 Å². The average molecular weight is 386 g/mol. The first-order valence-corrected chi connectivity index (χ1v) is 8.73. The Kier molecular flexibility index (Phi) is 6.27. The van der Waals surface area contributed by atoms with Gasteiger partial charge in [-0.15, -0.1) is 6.58 Å². The molecule has 0 spiro atoms. The van der Waals surface area contributed by atoms with Crippen molar-refractivity contribution in [3.63, 3.8) is 0 Å². The molecule has 0 aliphatic heterocycles. The normalized spacial score (nSPS) is 10.4. The Morgan fingerprint density at radius 3 is 2.78 bits per heavy atom.